The third-order valence-corrected chi connectivity index (χ3v) is 1.64. The Hall–Kier alpha value is -1.45. The lowest BCUT2D eigenvalue weighted by Crippen LogP contribution is -1.96. The number of hydrogen-bond acceptors (Lipinski definition) is 3. The number of aryl methyl sites for hydroxylation is 1. The van der Waals surface area contributed by atoms with Gasteiger partial charge in [-0.25, -0.2) is 14.5 Å². The topological polar surface area (TPSA) is 43.1 Å². The SMILES string of the molecule is CCc1ncnn2cncc12. The van der Waals surface area contributed by atoms with Crippen LogP contribution in [0.2, 0.25) is 0 Å². The molecule has 0 saturated carbocycles. The Morgan fingerprint density at radius 3 is 3.27 bits per heavy atom. The van der Waals surface area contributed by atoms with E-state index in [4.69, 9.17) is 0 Å². The van der Waals surface area contributed by atoms with Crippen LogP contribution >= 0.6 is 0 Å². The summed E-state index contributed by atoms with van der Waals surface area (Å²) in [5.41, 5.74) is 2.03. The van der Waals surface area contributed by atoms with E-state index in [1.807, 2.05) is 0 Å². The van der Waals surface area contributed by atoms with Crippen molar-refractivity contribution >= 4 is 5.52 Å². The third kappa shape index (κ3) is 0.869. The van der Waals surface area contributed by atoms with E-state index in [0.717, 1.165) is 17.6 Å². The molecule has 0 aliphatic heterocycles. The second kappa shape index (κ2) is 2.30. The summed E-state index contributed by atoms with van der Waals surface area (Å²) in [6.07, 6.45) is 5.92. The molecule has 0 unspecified atom stereocenters. The molecule has 0 bridgehead atoms. The molecule has 0 aliphatic carbocycles. The van der Waals surface area contributed by atoms with Gasteiger partial charge in [-0.1, -0.05) is 6.92 Å². The highest BCUT2D eigenvalue weighted by Gasteiger charge is 1.99. The molecule has 4 heteroatoms. The van der Waals surface area contributed by atoms with Crippen molar-refractivity contribution in [2.24, 2.45) is 0 Å². The van der Waals surface area contributed by atoms with E-state index in [1.165, 1.54) is 0 Å². The smallest absolute Gasteiger partial charge is 0.136 e. The monoisotopic (exact) mass is 148 g/mol. The molecule has 2 rings (SSSR count). The average molecular weight is 148 g/mol. The average Bonchev–Trinajstić information content (AvgIpc) is 2.50. The van der Waals surface area contributed by atoms with Crippen LogP contribution in [0.4, 0.5) is 0 Å². The van der Waals surface area contributed by atoms with Crippen LogP contribution in [-0.2, 0) is 6.42 Å². The van der Waals surface area contributed by atoms with Gasteiger partial charge < -0.3 is 0 Å². The Balaban J connectivity index is 2.79. The molecule has 0 amide bonds. The second-order valence-electron chi connectivity index (χ2n) is 2.28. The van der Waals surface area contributed by atoms with Gasteiger partial charge in [0, 0.05) is 0 Å². The van der Waals surface area contributed by atoms with Crippen LogP contribution in [-0.4, -0.2) is 19.6 Å². The Morgan fingerprint density at radius 1 is 1.55 bits per heavy atom. The van der Waals surface area contributed by atoms with Crippen molar-refractivity contribution in [3.8, 4) is 0 Å². The van der Waals surface area contributed by atoms with Gasteiger partial charge >= 0.3 is 0 Å². The zero-order chi connectivity index (χ0) is 7.68. The lowest BCUT2D eigenvalue weighted by atomic mass is 10.3. The molecule has 0 aliphatic rings. The summed E-state index contributed by atoms with van der Waals surface area (Å²) >= 11 is 0. The van der Waals surface area contributed by atoms with E-state index in [0.29, 0.717) is 0 Å². The van der Waals surface area contributed by atoms with Crippen molar-refractivity contribution in [3.63, 3.8) is 0 Å². The number of fused-ring (bicyclic) bond motifs is 1. The van der Waals surface area contributed by atoms with E-state index in [9.17, 15) is 0 Å². The Bertz CT molecular complexity index is 365. The predicted molar refractivity (Wildman–Crippen MR) is 40.2 cm³/mol. The summed E-state index contributed by atoms with van der Waals surface area (Å²) in [7, 11) is 0. The first-order valence-electron chi connectivity index (χ1n) is 3.54. The second-order valence-corrected chi connectivity index (χ2v) is 2.28. The molecule has 56 valence electrons. The van der Waals surface area contributed by atoms with Crippen LogP contribution in [0.1, 0.15) is 12.6 Å². The molecule has 0 atom stereocenters. The van der Waals surface area contributed by atoms with Crippen molar-refractivity contribution in [2.45, 2.75) is 13.3 Å². The molecule has 2 aromatic rings. The lowest BCUT2D eigenvalue weighted by Gasteiger charge is -1.95. The molecule has 11 heavy (non-hydrogen) atoms. The van der Waals surface area contributed by atoms with Gasteiger partial charge in [0.25, 0.3) is 0 Å². The molecule has 0 saturated heterocycles. The van der Waals surface area contributed by atoms with Gasteiger partial charge in [-0.2, -0.15) is 5.10 Å². The normalized spacial score (nSPS) is 10.6. The first-order chi connectivity index (χ1) is 5.42. The maximum atomic E-state index is 4.13. The minimum Gasteiger partial charge on any atom is -0.242 e. The quantitative estimate of drug-likeness (QED) is 0.597. The van der Waals surface area contributed by atoms with E-state index >= 15 is 0 Å². The van der Waals surface area contributed by atoms with E-state index in [2.05, 4.69) is 22.0 Å². The van der Waals surface area contributed by atoms with Crippen molar-refractivity contribution in [3.05, 3.63) is 24.5 Å². The van der Waals surface area contributed by atoms with Gasteiger partial charge in [0.15, 0.2) is 0 Å². The maximum absolute atomic E-state index is 4.13. The molecular weight excluding hydrogens is 140 g/mol. The van der Waals surface area contributed by atoms with Gasteiger partial charge in [0.2, 0.25) is 0 Å². The van der Waals surface area contributed by atoms with Crippen molar-refractivity contribution < 1.29 is 0 Å². The van der Waals surface area contributed by atoms with Gasteiger partial charge in [-0.3, -0.25) is 0 Å². The van der Waals surface area contributed by atoms with Gasteiger partial charge in [0.1, 0.15) is 18.2 Å². The minimum absolute atomic E-state index is 0.914. The van der Waals surface area contributed by atoms with E-state index in [1.54, 1.807) is 23.4 Å². The van der Waals surface area contributed by atoms with Crippen LogP contribution in [0, 0.1) is 0 Å². The fourth-order valence-electron chi connectivity index (χ4n) is 1.08. The Kier molecular flexibility index (Phi) is 1.31. The minimum atomic E-state index is 0.914. The highest BCUT2D eigenvalue weighted by Crippen LogP contribution is 2.04. The van der Waals surface area contributed by atoms with Gasteiger partial charge in [-0.05, 0) is 6.42 Å². The van der Waals surface area contributed by atoms with Gasteiger partial charge in [-0.15, -0.1) is 0 Å². The first kappa shape index (κ1) is 6.27. The fraction of sp³-hybridized carbons (Fsp3) is 0.286. The molecular formula is C7H8N4. The summed E-state index contributed by atoms with van der Waals surface area (Å²) in [6, 6.07) is 0. The number of imidazole rings is 1. The number of rotatable bonds is 1. The summed E-state index contributed by atoms with van der Waals surface area (Å²) in [4.78, 5) is 8.10. The van der Waals surface area contributed by atoms with E-state index in [-0.39, 0.29) is 0 Å². The number of aromatic nitrogens is 4. The van der Waals surface area contributed by atoms with Crippen LogP contribution in [0.15, 0.2) is 18.9 Å². The summed E-state index contributed by atoms with van der Waals surface area (Å²) < 4.78 is 1.73. The molecule has 0 spiro atoms. The number of hydrogen-bond donors (Lipinski definition) is 0. The number of nitrogens with zero attached hydrogens (tertiary/aromatic N) is 4. The lowest BCUT2D eigenvalue weighted by molar-refractivity contribution is 0.860. The molecule has 2 heterocycles. The highest BCUT2D eigenvalue weighted by molar-refractivity contribution is 5.47. The van der Waals surface area contributed by atoms with Crippen LogP contribution in [0.5, 0.6) is 0 Å². The maximum Gasteiger partial charge on any atom is 0.136 e. The van der Waals surface area contributed by atoms with E-state index < -0.39 is 0 Å². The zero-order valence-corrected chi connectivity index (χ0v) is 6.23. The fourth-order valence-corrected chi connectivity index (χ4v) is 1.08. The van der Waals surface area contributed by atoms with Crippen molar-refractivity contribution in [2.75, 3.05) is 0 Å². The van der Waals surface area contributed by atoms with Gasteiger partial charge in [0.05, 0.1) is 11.9 Å². The Labute approximate surface area is 63.9 Å². The third-order valence-electron chi connectivity index (χ3n) is 1.64. The van der Waals surface area contributed by atoms with Crippen molar-refractivity contribution in [1.82, 2.24) is 19.6 Å². The highest BCUT2D eigenvalue weighted by atomic mass is 15.3. The molecule has 0 radical (unpaired) electrons. The summed E-state index contributed by atoms with van der Waals surface area (Å²) in [5, 5.41) is 3.99. The molecule has 4 nitrogen and oxygen atoms in total. The van der Waals surface area contributed by atoms with Crippen molar-refractivity contribution in [1.29, 1.82) is 0 Å². The molecule has 2 aromatic heterocycles. The zero-order valence-electron chi connectivity index (χ0n) is 6.23. The largest absolute Gasteiger partial charge is 0.242 e. The van der Waals surface area contributed by atoms with Crippen LogP contribution in [0.25, 0.3) is 5.52 Å². The molecule has 0 aromatic carbocycles. The predicted octanol–water partition coefficient (Wildman–Crippen LogP) is 0.687. The Morgan fingerprint density at radius 2 is 2.45 bits per heavy atom. The first-order valence-corrected chi connectivity index (χ1v) is 3.54. The van der Waals surface area contributed by atoms with Crippen LogP contribution < -0.4 is 0 Å². The van der Waals surface area contributed by atoms with Crippen LogP contribution in [0.3, 0.4) is 0 Å². The molecule has 0 fully saturated rings. The summed E-state index contributed by atoms with van der Waals surface area (Å²) in [5.74, 6) is 0. The standard InChI is InChI=1S/C7H8N4/c1-2-6-7-3-8-5-11(7)10-4-9-6/h3-5H,2H2,1H3. The molecule has 0 N–H and O–H groups in total. The summed E-state index contributed by atoms with van der Waals surface area (Å²) in [6.45, 7) is 2.06.